The first-order chi connectivity index (χ1) is 12.0. The zero-order chi connectivity index (χ0) is 17.7. The number of aromatic nitrogens is 2. The molecule has 0 radical (unpaired) electrons. The average Bonchev–Trinajstić information content (AvgIpc) is 2.93. The van der Waals surface area contributed by atoms with Gasteiger partial charge < -0.3 is 14.9 Å². The number of nitriles is 1. The Hall–Kier alpha value is -3.53. The van der Waals surface area contributed by atoms with Gasteiger partial charge >= 0.3 is 5.63 Å². The van der Waals surface area contributed by atoms with Crippen LogP contribution in [-0.2, 0) is 0 Å². The SMILES string of the molecule is Cc1ccc2c(C3C(C#N)=C(N)Oc4n[nH]c(C)c43)cc(=O)oc2c1. The van der Waals surface area contributed by atoms with Crippen molar-refractivity contribution in [1.29, 1.82) is 5.26 Å². The average molecular weight is 334 g/mol. The van der Waals surface area contributed by atoms with Crippen molar-refractivity contribution >= 4 is 11.0 Å². The molecule has 0 saturated heterocycles. The summed E-state index contributed by atoms with van der Waals surface area (Å²) < 4.78 is 10.8. The Morgan fingerprint density at radius 3 is 2.88 bits per heavy atom. The van der Waals surface area contributed by atoms with Crippen LogP contribution in [0.5, 0.6) is 5.88 Å². The monoisotopic (exact) mass is 334 g/mol. The molecule has 1 unspecified atom stereocenters. The Morgan fingerprint density at radius 1 is 1.32 bits per heavy atom. The van der Waals surface area contributed by atoms with Gasteiger partial charge in [0.05, 0.1) is 5.92 Å². The normalized spacial score (nSPS) is 16.4. The molecule has 1 aromatic carbocycles. The summed E-state index contributed by atoms with van der Waals surface area (Å²) in [5.41, 5.74) is 9.19. The van der Waals surface area contributed by atoms with Crippen LogP contribution in [0.15, 0.2) is 44.9 Å². The number of nitrogens with one attached hydrogen (secondary N) is 1. The van der Waals surface area contributed by atoms with Crippen LogP contribution < -0.4 is 16.1 Å². The second-order valence-corrected chi connectivity index (χ2v) is 6.01. The number of fused-ring (bicyclic) bond motifs is 2. The number of nitrogens with zero attached hydrogens (tertiary/aromatic N) is 2. The minimum Gasteiger partial charge on any atom is -0.423 e. The van der Waals surface area contributed by atoms with Crippen molar-refractivity contribution in [3.05, 3.63) is 68.5 Å². The summed E-state index contributed by atoms with van der Waals surface area (Å²) in [5, 5.41) is 17.3. The molecule has 7 nitrogen and oxygen atoms in total. The second-order valence-electron chi connectivity index (χ2n) is 6.01. The van der Waals surface area contributed by atoms with Gasteiger partial charge in [0.2, 0.25) is 11.8 Å². The van der Waals surface area contributed by atoms with Crippen LogP contribution in [0.25, 0.3) is 11.0 Å². The molecule has 3 aromatic rings. The van der Waals surface area contributed by atoms with E-state index in [1.807, 2.05) is 26.0 Å². The minimum atomic E-state index is -0.554. The van der Waals surface area contributed by atoms with Crippen LogP contribution in [0.2, 0.25) is 0 Å². The maximum atomic E-state index is 12.1. The summed E-state index contributed by atoms with van der Waals surface area (Å²) in [4.78, 5) is 12.1. The number of aryl methyl sites for hydroxylation is 2. The van der Waals surface area contributed by atoms with E-state index in [4.69, 9.17) is 14.9 Å². The molecular formula is C18H14N4O3. The van der Waals surface area contributed by atoms with Crippen molar-refractivity contribution in [2.75, 3.05) is 0 Å². The van der Waals surface area contributed by atoms with Gasteiger partial charge in [-0.2, -0.15) is 5.26 Å². The Morgan fingerprint density at radius 2 is 2.12 bits per heavy atom. The number of rotatable bonds is 1. The number of H-pyrrole nitrogens is 1. The van der Waals surface area contributed by atoms with Crippen LogP contribution in [0.1, 0.15) is 28.3 Å². The topological polar surface area (TPSA) is 118 Å². The number of allylic oxidation sites excluding steroid dienone is 1. The van der Waals surface area contributed by atoms with Crippen molar-refractivity contribution in [3.63, 3.8) is 0 Å². The lowest BCUT2D eigenvalue weighted by Gasteiger charge is -2.24. The fraction of sp³-hybridized carbons (Fsp3) is 0.167. The molecule has 0 fully saturated rings. The van der Waals surface area contributed by atoms with E-state index in [1.54, 1.807) is 6.07 Å². The molecule has 7 heteroatoms. The van der Waals surface area contributed by atoms with E-state index >= 15 is 0 Å². The molecule has 1 atom stereocenters. The van der Waals surface area contributed by atoms with Gasteiger partial charge in [-0.05, 0) is 31.0 Å². The number of ether oxygens (including phenoxy) is 1. The van der Waals surface area contributed by atoms with E-state index in [2.05, 4.69) is 16.3 Å². The van der Waals surface area contributed by atoms with E-state index in [-0.39, 0.29) is 11.5 Å². The molecule has 0 saturated carbocycles. The number of aromatic amines is 1. The van der Waals surface area contributed by atoms with Crippen LogP contribution >= 0.6 is 0 Å². The Balaban J connectivity index is 2.10. The summed E-state index contributed by atoms with van der Waals surface area (Å²) >= 11 is 0. The molecule has 0 aliphatic carbocycles. The van der Waals surface area contributed by atoms with Gasteiger partial charge in [0.15, 0.2) is 0 Å². The Bertz CT molecular complexity index is 1150. The summed E-state index contributed by atoms with van der Waals surface area (Å²) in [6.07, 6.45) is 0. The van der Waals surface area contributed by atoms with Gasteiger partial charge in [-0.15, -0.1) is 5.10 Å². The smallest absolute Gasteiger partial charge is 0.336 e. The van der Waals surface area contributed by atoms with Gasteiger partial charge in [0.1, 0.15) is 17.2 Å². The number of benzene rings is 1. The predicted molar refractivity (Wildman–Crippen MR) is 89.8 cm³/mol. The summed E-state index contributed by atoms with van der Waals surface area (Å²) in [6, 6.07) is 9.10. The van der Waals surface area contributed by atoms with Crippen LogP contribution in [0.4, 0.5) is 0 Å². The standard InChI is InChI=1S/C18H14N4O3/c1-8-3-4-10-11(6-14(23)24-13(10)5-8)16-12(7-19)17(20)25-18-15(16)9(2)21-22-18/h3-6,16H,20H2,1-2H3,(H,21,22). The molecule has 3 heterocycles. The summed E-state index contributed by atoms with van der Waals surface area (Å²) in [6.45, 7) is 3.74. The lowest BCUT2D eigenvalue weighted by Crippen LogP contribution is -2.22. The lowest BCUT2D eigenvalue weighted by atomic mass is 9.83. The van der Waals surface area contributed by atoms with Gasteiger partial charge in [-0.1, -0.05) is 12.1 Å². The Labute approximate surface area is 142 Å². The predicted octanol–water partition coefficient (Wildman–Crippen LogP) is 2.35. The molecular weight excluding hydrogens is 320 g/mol. The molecule has 1 aliphatic rings. The highest BCUT2D eigenvalue weighted by atomic mass is 16.5. The molecule has 0 spiro atoms. The third kappa shape index (κ3) is 2.19. The van der Waals surface area contributed by atoms with Crippen LogP contribution in [0.3, 0.4) is 0 Å². The highest BCUT2D eigenvalue weighted by Crippen LogP contribution is 2.44. The molecule has 124 valence electrons. The molecule has 3 N–H and O–H groups in total. The van der Waals surface area contributed by atoms with Crippen molar-refractivity contribution in [2.45, 2.75) is 19.8 Å². The molecule has 25 heavy (non-hydrogen) atoms. The summed E-state index contributed by atoms with van der Waals surface area (Å²) in [7, 11) is 0. The third-order valence-corrected chi connectivity index (χ3v) is 4.37. The first-order valence-electron chi connectivity index (χ1n) is 7.66. The fourth-order valence-corrected chi connectivity index (χ4v) is 3.24. The van der Waals surface area contributed by atoms with Gasteiger partial charge in [-0.3, -0.25) is 5.10 Å². The van der Waals surface area contributed by atoms with Crippen molar-refractivity contribution in [2.24, 2.45) is 5.73 Å². The second kappa shape index (κ2) is 5.24. The molecule has 0 amide bonds. The van der Waals surface area contributed by atoms with E-state index < -0.39 is 11.5 Å². The number of hydrogen-bond donors (Lipinski definition) is 2. The van der Waals surface area contributed by atoms with E-state index in [9.17, 15) is 10.1 Å². The zero-order valence-electron chi connectivity index (χ0n) is 13.6. The molecule has 0 bridgehead atoms. The van der Waals surface area contributed by atoms with Gasteiger partial charge in [-0.25, -0.2) is 4.79 Å². The van der Waals surface area contributed by atoms with Crippen molar-refractivity contribution in [3.8, 4) is 11.9 Å². The van der Waals surface area contributed by atoms with Crippen molar-refractivity contribution < 1.29 is 9.15 Å². The molecule has 4 rings (SSSR count). The largest absolute Gasteiger partial charge is 0.423 e. The first-order valence-corrected chi connectivity index (χ1v) is 7.66. The number of nitrogens with two attached hydrogens (primary N) is 1. The minimum absolute atomic E-state index is 0.0139. The third-order valence-electron chi connectivity index (χ3n) is 4.37. The van der Waals surface area contributed by atoms with E-state index in [0.29, 0.717) is 22.6 Å². The van der Waals surface area contributed by atoms with Crippen LogP contribution in [0, 0.1) is 25.2 Å². The fourth-order valence-electron chi connectivity index (χ4n) is 3.24. The summed E-state index contributed by atoms with van der Waals surface area (Å²) in [5.74, 6) is -0.255. The first kappa shape index (κ1) is 15.0. The number of hydrogen-bond acceptors (Lipinski definition) is 6. The van der Waals surface area contributed by atoms with Gasteiger partial charge in [0.25, 0.3) is 0 Å². The maximum absolute atomic E-state index is 12.1. The Kier molecular flexibility index (Phi) is 3.15. The maximum Gasteiger partial charge on any atom is 0.336 e. The van der Waals surface area contributed by atoms with E-state index in [0.717, 1.165) is 16.6 Å². The highest BCUT2D eigenvalue weighted by Gasteiger charge is 2.35. The molecule has 1 aliphatic heterocycles. The van der Waals surface area contributed by atoms with Crippen LogP contribution in [-0.4, -0.2) is 10.2 Å². The molecule has 2 aromatic heterocycles. The van der Waals surface area contributed by atoms with Gasteiger partial charge in [0, 0.05) is 22.7 Å². The highest BCUT2D eigenvalue weighted by molar-refractivity contribution is 5.83. The lowest BCUT2D eigenvalue weighted by molar-refractivity contribution is 0.379. The zero-order valence-corrected chi connectivity index (χ0v) is 13.6. The van der Waals surface area contributed by atoms with E-state index in [1.165, 1.54) is 6.07 Å². The quantitative estimate of drug-likeness (QED) is 0.660. The van der Waals surface area contributed by atoms with Crippen molar-refractivity contribution in [1.82, 2.24) is 10.2 Å².